The minimum atomic E-state index is 0.0476. The summed E-state index contributed by atoms with van der Waals surface area (Å²) in [6.07, 6.45) is 0. The molecule has 0 saturated carbocycles. The van der Waals surface area contributed by atoms with Gasteiger partial charge in [0.15, 0.2) is 0 Å². The Balaban J connectivity index is 1.87. The first-order valence-electron chi connectivity index (χ1n) is 6.82. The molecule has 2 heterocycles. The van der Waals surface area contributed by atoms with E-state index in [0.717, 1.165) is 54.9 Å². The lowest BCUT2D eigenvalue weighted by Gasteiger charge is -2.26. The summed E-state index contributed by atoms with van der Waals surface area (Å²) in [5, 5.41) is 0. The van der Waals surface area contributed by atoms with Crippen LogP contribution in [0.3, 0.4) is 0 Å². The Labute approximate surface area is 125 Å². The molecule has 0 N–H and O–H groups in total. The maximum absolute atomic E-state index is 12.3. The van der Waals surface area contributed by atoms with Crippen molar-refractivity contribution in [3.05, 3.63) is 33.2 Å². The van der Waals surface area contributed by atoms with Gasteiger partial charge in [0, 0.05) is 37.7 Å². The van der Waals surface area contributed by atoms with E-state index in [1.54, 1.807) is 4.57 Å². The van der Waals surface area contributed by atoms with E-state index in [-0.39, 0.29) is 5.69 Å². The van der Waals surface area contributed by atoms with Crippen LogP contribution in [0.1, 0.15) is 0 Å². The third kappa shape index (κ3) is 2.55. The van der Waals surface area contributed by atoms with Gasteiger partial charge in [-0.1, -0.05) is 15.9 Å². The highest BCUT2D eigenvalue weighted by atomic mass is 79.9. The Hall–Kier alpha value is -1.11. The Morgan fingerprint density at radius 1 is 1.20 bits per heavy atom. The van der Waals surface area contributed by atoms with Crippen molar-refractivity contribution in [1.29, 1.82) is 0 Å². The quantitative estimate of drug-likeness (QED) is 0.849. The minimum absolute atomic E-state index is 0.0476. The number of ether oxygens (including phenoxy) is 1. The molecule has 0 atom stereocenters. The van der Waals surface area contributed by atoms with E-state index < -0.39 is 0 Å². The molecule has 0 amide bonds. The Morgan fingerprint density at radius 2 is 1.95 bits per heavy atom. The van der Waals surface area contributed by atoms with Crippen molar-refractivity contribution in [2.75, 3.05) is 32.8 Å². The number of aromatic nitrogens is 2. The second-order valence-electron chi connectivity index (χ2n) is 5.08. The van der Waals surface area contributed by atoms with E-state index in [4.69, 9.17) is 4.74 Å². The summed E-state index contributed by atoms with van der Waals surface area (Å²) in [4.78, 5) is 14.7. The van der Waals surface area contributed by atoms with Crippen molar-refractivity contribution in [3.8, 4) is 0 Å². The molecule has 5 nitrogen and oxygen atoms in total. The second kappa shape index (κ2) is 5.71. The van der Waals surface area contributed by atoms with Crippen molar-refractivity contribution in [1.82, 2.24) is 14.0 Å². The predicted molar refractivity (Wildman–Crippen MR) is 82.1 cm³/mol. The fraction of sp³-hybridized carbons (Fsp3) is 0.500. The lowest BCUT2D eigenvalue weighted by atomic mass is 10.3. The first-order chi connectivity index (χ1) is 9.66. The van der Waals surface area contributed by atoms with Crippen molar-refractivity contribution in [3.63, 3.8) is 0 Å². The zero-order valence-corrected chi connectivity index (χ0v) is 13.1. The number of rotatable bonds is 3. The van der Waals surface area contributed by atoms with Gasteiger partial charge < -0.3 is 4.74 Å². The van der Waals surface area contributed by atoms with E-state index in [2.05, 4.69) is 20.8 Å². The predicted octanol–water partition coefficient (Wildman–Crippen LogP) is 1.43. The standard InChI is InChI=1S/C14H18BrN3O2/c1-16-13-10-11(15)2-3-12(13)18(14(16)19)5-4-17-6-8-20-9-7-17/h2-3,10H,4-9H2,1H3. The number of benzene rings is 1. The number of aryl methyl sites for hydroxylation is 1. The van der Waals surface area contributed by atoms with Gasteiger partial charge in [0.25, 0.3) is 0 Å². The van der Waals surface area contributed by atoms with Crippen LogP contribution in [0.4, 0.5) is 0 Å². The molecule has 0 radical (unpaired) electrons. The van der Waals surface area contributed by atoms with Crippen molar-refractivity contribution < 1.29 is 4.74 Å². The SMILES string of the molecule is Cn1c(=O)n(CCN2CCOCC2)c2ccc(Br)cc21. The third-order valence-electron chi connectivity index (χ3n) is 3.85. The van der Waals surface area contributed by atoms with Crippen LogP contribution in [0.15, 0.2) is 27.5 Å². The topological polar surface area (TPSA) is 39.4 Å². The summed E-state index contributed by atoms with van der Waals surface area (Å²) >= 11 is 3.46. The van der Waals surface area contributed by atoms with Crippen LogP contribution < -0.4 is 5.69 Å². The Kier molecular flexibility index (Phi) is 3.96. The molecule has 0 spiro atoms. The van der Waals surface area contributed by atoms with E-state index in [1.165, 1.54) is 0 Å². The molecule has 0 unspecified atom stereocenters. The van der Waals surface area contributed by atoms with Gasteiger partial charge >= 0.3 is 5.69 Å². The molecule has 6 heteroatoms. The van der Waals surface area contributed by atoms with Gasteiger partial charge in [-0.25, -0.2) is 4.79 Å². The number of halogens is 1. The van der Waals surface area contributed by atoms with Crippen LogP contribution in [-0.2, 0) is 18.3 Å². The van der Waals surface area contributed by atoms with E-state index in [1.807, 2.05) is 29.8 Å². The molecule has 1 aromatic carbocycles. The molecule has 1 aliphatic rings. The van der Waals surface area contributed by atoms with Crippen LogP contribution in [0.5, 0.6) is 0 Å². The lowest BCUT2D eigenvalue weighted by molar-refractivity contribution is 0.0364. The maximum Gasteiger partial charge on any atom is 0.328 e. The van der Waals surface area contributed by atoms with Crippen molar-refractivity contribution in [2.45, 2.75) is 6.54 Å². The van der Waals surface area contributed by atoms with Crippen LogP contribution >= 0.6 is 15.9 Å². The molecule has 1 aromatic heterocycles. The maximum atomic E-state index is 12.3. The van der Waals surface area contributed by atoms with Gasteiger partial charge in [0.1, 0.15) is 0 Å². The van der Waals surface area contributed by atoms with Gasteiger partial charge in [-0.15, -0.1) is 0 Å². The molecule has 3 rings (SSSR count). The molecule has 108 valence electrons. The number of imidazole rings is 1. The average Bonchev–Trinajstić information content (AvgIpc) is 2.70. The molecule has 2 aromatic rings. The van der Waals surface area contributed by atoms with Crippen molar-refractivity contribution >= 4 is 27.0 Å². The summed E-state index contributed by atoms with van der Waals surface area (Å²) in [5.41, 5.74) is 2.01. The summed E-state index contributed by atoms with van der Waals surface area (Å²) < 4.78 is 9.90. The highest BCUT2D eigenvalue weighted by Gasteiger charge is 2.14. The molecule has 0 aliphatic carbocycles. The molecule has 1 saturated heterocycles. The third-order valence-corrected chi connectivity index (χ3v) is 4.34. The van der Waals surface area contributed by atoms with E-state index in [0.29, 0.717) is 0 Å². The molecular formula is C14H18BrN3O2. The summed E-state index contributed by atoms with van der Waals surface area (Å²) in [7, 11) is 1.82. The Morgan fingerprint density at radius 3 is 2.70 bits per heavy atom. The fourth-order valence-corrected chi connectivity index (χ4v) is 3.01. The molecular weight excluding hydrogens is 322 g/mol. The number of nitrogens with zero attached hydrogens (tertiary/aromatic N) is 3. The smallest absolute Gasteiger partial charge is 0.328 e. The van der Waals surface area contributed by atoms with E-state index >= 15 is 0 Å². The van der Waals surface area contributed by atoms with Gasteiger partial charge in [-0.3, -0.25) is 14.0 Å². The number of morpholine rings is 1. The minimum Gasteiger partial charge on any atom is -0.379 e. The first kappa shape index (κ1) is 13.9. The fourth-order valence-electron chi connectivity index (χ4n) is 2.66. The molecule has 1 aliphatic heterocycles. The number of hydrogen-bond acceptors (Lipinski definition) is 3. The first-order valence-corrected chi connectivity index (χ1v) is 7.61. The molecule has 0 bridgehead atoms. The van der Waals surface area contributed by atoms with Gasteiger partial charge in [-0.05, 0) is 18.2 Å². The summed E-state index contributed by atoms with van der Waals surface area (Å²) in [5.74, 6) is 0. The van der Waals surface area contributed by atoms with Crippen molar-refractivity contribution in [2.24, 2.45) is 7.05 Å². The zero-order chi connectivity index (χ0) is 14.1. The monoisotopic (exact) mass is 339 g/mol. The number of fused-ring (bicyclic) bond motifs is 1. The largest absolute Gasteiger partial charge is 0.379 e. The summed E-state index contributed by atoms with van der Waals surface area (Å²) in [6.45, 7) is 5.08. The van der Waals surface area contributed by atoms with Gasteiger partial charge in [0.05, 0.1) is 24.2 Å². The second-order valence-corrected chi connectivity index (χ2v) is 6.00. The molecule has 1 fully saturated rings. The van der Waals surface area contributed by atoms with Crippen LogP contribution in [0.2, 0.25) is 0 Å². The average molecular weight is 340 g/mol. The Bertz CT molecular complexity index is 671. The number of hydrogen-bond donors (Lipinski definition) is 0. The summed E-state index contributed by atoms with van der Waals surface area (Å²) in [6, 6.07) is 5.97. The lowest BCUT2D eigenvalue weighted by Crippen LogP contribution is -2.39. The zero-order valence-electron chi connectivity index (χ0n) is 11.5. The highest BCUT2D eigenvalue weighted by molar-refractivity contribution is 9.10. The highest BCUT2D eigenvalue weighted by Crippen LogP contribution is 2.18. The van der Waals surface area contributed by atoms with E-state index in [9.17, 15) is 4.79 Å². The van der Waals surface area contributed by atoms with Crippen LogP contribution in [0.25, 0.3) is 11.0 Å². The molecule has 20 heavy (non-hydrogen) atoms. The normalized spacial score (nSPS) is 16.9. The van der Waals surface area contributed by atoms with Crippen LogP contribution in [0, 0.1) is 0 Å². The van der Waals surface area contributed by atoms with Gasteiger partial charge in [-0.2, -0.15) is 0 Å². The van der Waals surface area contributed by atoms with Crippen LogP contribution in [-0.4, -0.2) is 46.9 Å². The van der Waals surface area contributed by atoms with Gasteiger partial charge in [0.2, 0.25) is 0 Å².